The molecule has 0 unspecified atom stereocenters. The molecule has 0 radical (unpaired) electrons. The second kappa shape index (κ2) is 8.30. The molecule has 4 heterocycles. The number of nitrogens with zero attached hydrogens (tertiary/aromatic N) is 7. The lowest BCUT2D eigenvalue weighted by molar-refractivity contribution is 0.121. The smallest absolute Gasteiger partial charge is 0.266 e. The van der Waals surface area contributed by atoms with E-state index in [1.807, 2.05) is 26.8 Å². The van der Waals surface area contributed by atoms with Crippen molar-refractivity contribution in [1.82, 2.24) is 34.3 Å². The first-order chi connectivity index (χ1) is 14.0. The zero-order chi connectivity index (χ0) is 20.4. The lowest BCUT2D eigenvalue weighted by Gasteiger charge is -2.34. The van der Waals surface area contributed by atoms with E-state index in [2.05, 4.69) is 25.0 Å². The van der Waals surface area contributed by atoms with Gasteiger partial charge in [-0.15, -0.1) is 5.10 Å². The molecular formula is C20H27N7O2. The third-order valence-corrected chi connectivity index (χ3v) is 5.22. The molecule has 3 aromatic rings. The lowest BCUT2D eigenvalue weighted by Crippen LogP contribution is -2.47. The number of rotatable bonds is 6. The summed E-state index contributed by atoms with van der Waals surface area (Å²) in [5.74, 6) is 1.38. The zero-order valence-electron chi connectivity index (χ0n) is 17.2. The molecule has 154 valence electrons. The van der Waals surface area contributed by atoms with Crippen LogP contribution in [-0.2, 0) is 13.1 Å². The Bertz CT molecular complexity index is 1030. The molecule has 9 nitrogen and oxygen atoms in total. The zero-order valence-corrected chi connectivity index (χ0v) is 17.2. The molecule has 0 N–H and O–H groups in total. The van der Waals surface area contributed by atoms with E-state index in [9.17, 15) is 4.79 Å². The Balaban J connectivity index is 1.33. The van der Waals surface area contributed by atoms with Crippen molar-refractivity contribution < 1.29 is 4.42 Å². The van der Waals surface area contributed by atoms with Gasteiger partial charge in [-0.1, -0.05) is 0 Å². The average Bonchev–Trinajstić information content (AvgIpc) is 3.26. The van der Waals surface area contributed by atoms with E-state index in [0.29, 0.717) is 18.3 Å². The Morgan fingerprint density at radius 1 is 1.00 bits per heavy atom. The summed E-state index contributed by atoms with van der Waals surface area (Å²) in [6.45, 7) is 11.8. The van der Waals surface area contributed by atoms with Crippen LogP contribution in [0.3, 0.4) is 0 Å². The standard InChI is InChI=1S/C20H27N7O2/c1-15-12-16(2)27(22-15)19-4-5-20(28)26(23-19)11-10-24-6-8-25(9-7-24)13-18-14-29-17(3)21-18/h4-5,12,14H,6-11,13H2,1-3H3. The van der Waals surface area contributed by atoms with Crippen molar-refractivity contribution >= 4 is 0 Å². The van der Waals surface area contributed by atoms with Gasteiger partial charge in [0.15, 0.2) is 11.7 Å². The number of hydrogen-bond donors (Lipinski definition) is 0. The predicted molar refractivity (Wildman–Crippen MR) is 108 cm³/mol. The van der Waals surface area contributed by atoms with Crippen LogP contribution in [0.4, 0.5) is 0 Å². The van der Waals surface area contributed by atoms with Gasteiger partial charge in [0.1, 0.15) is 6.26 Å². The molecule has 4 rings (SSSR count). The van der Waals surface area contributed by atoms with E-state index in [1.165, 1.54) is 4.68 Å². The Kier molecular flexibility index (Phi) is 5.59. The topological polar surface area (TPSA) is 85.2 Å². The lowest BCUT2D eigenvalue weighted by atomic mass is 10.3. The molecule has 0 saturated carbocycles. The molecule has 0 spiro atoms. The minimum Gasteiger partial charge on any atom is -0.449 e. The first-order valence-electron chi connectivity index (χ1n) is 9.95. The van der Waals surface area contributed by atoms with Gasteiger partial charge in [-0.2, -0.15) is 5.10 Å². The molecular weight excluding hydrogens is 370 g/mol. The Morgan fingerprint density at radius 2 is 1.76 bits per heavy atom. The summed E-state index contributed by atoms with van der Waals surface area (Å²) < 4.78 is 8.59. The van der Waals surface area contributed by atoms with Crippen LogP contribution in [0.1, 0.15) is 23.0 Å². The van der Waals surface area contributed by atoms with Gasteiger partial charge < -0.3 is 4.42 Å². The second-order valence-electron chi connectivity index (χ2n) is 7.57. The van der Waals surface area contributed by atoms with Gasteiger partial charge in [0.05, 0.1) is 17.9 Å². The first-order valence-corrected chi connectivity index (χ1v) is 9.95. The SMILES string of the molecule is Cc1cc(C)n(-c2ccc(=O)n(CCN3CCN(Cc4coc(C)n4)CC3)n2)n1. The molecule has 3 aromatic heterocycles. The van der Waals surface area contributed by atoms with Crippen LogP contribution < -0.4 is 5.56 Å². The molecule has 1 fully saturated rings. The monoisotopic (exact) mass is 397 g/mol. The predicted octanol–water partition coefficient (Wildman–Crippen LogP) is 1.16. The van der Waals surface area contributed by atoms with Crippen molar-refractivity contribution in [2.24, 2.45) is 0 Å². The Hall–Kier alpha value is -2.78. The fourth-order valence-electron chi connectivity index (χ4n) is 3.69. The van der Waals surface area contributed by atoms with Crippen LogP contribution in [0.15, 0.2) is 33.7 Å². The van der Waals surface area contributed by atoms with Gasteiger partial charge in [-0.3, -0.25) is 14.6 Å². The largest absolute Gasteiger partial charge is 0.449 e. The molecule has 0 atom stereocenters. The van der Waals surface area contributed by atoms with Gasteiger partial charge in [0.2, 0.25) is 0 Å². The second-order valence-corrected chi connectivity index (χ2v) is 7.57. The van der Waals surface area contributed by atoms with Crippen LogP contribution in [0.25, 0.3) is 5.82 Å². The van der Waals surface area contributed by atoms with Gasteiger partial charge >= 0.3 is 0 Å². The summed E-state index contributed by atoms with van der Waals surface area (Å²) >= 11 is 0. The molecule has 29 heavy (non-hydrogen) atoms. The number of piperazine rings is 1. The molecule has 0 bridgehead atoms. The number of oxazole rings is 1. The van der Waals surface area contributed by atoms with Crippen LogP contribution in [0.2, 0.25) is 0 Å². The maximum atomic E-state index is 12.3. The maximum absolute atomic E-state index is 12.3. The molecule has 1 aliphatic heterocycles. The van der Waals surface area contributed by atoms with Crippen LogP contribution in [0.5, 0.6) is 0 Å². The van der Waals surface area contributed by atoms with Gasteiger partial charge in [-0.25, -0.2) is 14.3 Å². The number of aromatic nitrogens is 5. The number of hydrogen-bond acceptors (Lipinski definition) is 7. The highest BCUT2D eigenvalue weighted by molar-refractivity contribution is 5.23. The number of aryl methyl sites for hydroxylation is 3. The quantitative estimate of drug-likeness (QED) is 0.617. The first kappa shape index (κ1) is 19.5. The van der Waals surface area contributed by atoms with E-state index in [4.69, 9.17) is 4.42 Å². The van der Waals surface area contributed by atoms with Crippen molar-refractivity contribution in [2.75, 3.05) is 32.7 Å². The normalized spacial score (nSPS) is 15.8. The molecule has 0 aromatic carbocycles. The Labute approximate surface area is 169 Å². The summed E-state index contributed by atoms with van der Waals surface area (Å²) in [6, 6.07) is 5.29. The van der Waals surface area contributed by atoms with Crippen LogP contribution >= 0.6 is 0 Å². The third-order valence-electron chi connectivity index (χ3n) is 5.22. The van der Waals surface area contributed by atoms with Crippen molar-refractivity contribution in [3.05, 3.63) is 57.8 Å². The van der Waals surface area contributed by atoms with Crippen molar-refractivity contribution in [3.63, 3.8) is 0 Å². The van der Waals surface area contributed by atoms with Crippen LogP contribution in [-0.4, -0.2) is 67.1 Å². The fraction of sp³-hybridized carbons (Fsp3) is 0.500. The summed E-state index contributed by atoms with van der Waals surface area (Å²) in [7, 11) is 0. The summed E-state index contributed by atoms with van der Waals surface area (Å²) in [4.78, 5) is 21.4. The maximum Gasteiger partial charge on any atom is 0.266 e. The Morgan fingerprint density at radius 3 is 2.41 bits per heavy atom. The van der Waals surface area contributed by atoms with E-state index >= 15 is 0 Å². The highest BCUT2D eigenvalue weighted by Gasteiger charge is 2.18. The molecule has 1 aliphatic rings. The van der Waals surface area contributed by atoms with Gasteiger partial charge in [0, 0.05) is 58.0 Å². The summed E-state index contributed by atoms with van der Waals surface area (Å²) in [5.41, 5.74) is 2.82. The fourth-order valence-corrected chi connectivity index (χ4v) is 3.69. The summed E-state index contributed by atoms with van der Waals surface area (Å²) in [5, 5.41) is 8.98. The van der Waals surface area contributed by atoms with Crippen molar-refractivity contribution in [1.29, 1.82) is 0 Å². The van der Waals surface area contributed by atoms with E-state index in [1.54, 1.807) is 23.1 Å². The van der Waals surface area contributed by atoms with E-state index < -0.39 is 0 Å². The third kappa shape index (κ3) is 4.63. The van der Waals surface area contributed by atoms with E-state index in [0.717, 1.165) is 56.4 Å². The molecule has 0 aliphatic carbocycles. The van der Waals surface area contributed by atoms with Gasteiger partial charge in [-0.05, 0) is 26.0 Å². The molecule has 9 heteroatoms. The minimum atomic E-state index is -0.0877. The van der Waals surface area contributed by atoms with E-state index in [-0.39, 0.29) is 5.56 Å². The van der Waals surface area contributed by atoms with Crippen molar-refractivity contribution in [3.8, 4) is 5.82 Å². The molecule has 0 amide bonds. The minimum absolute atomic E-state index is 0.0877. The highest BCUT2D eigenvalue weighted by Crippen LogP contribution is 2.10. The van der Waals surface area contributed by atoms with Crippen LogP contribution in [0, 0.1) is 20.8 Å². The van der Waals surface area contributed by atoms with Crippen molar-refractivity contribution in [2.45, 2.75) is 33.9 Å². The average molecular weight is 397 g/mol. The summed E-state index contributed by atoms with van der Waals surface area (Å²) in [6.07, 6.45) is 1.73. The highest BCUT2D eigenvalue weighted by atomic mass is 16.3. The van der Waals surface area contributed by atoms with Gasteiger partial charge in [0.25, 0.3) is 5.56 Å². The molecule has 1 saturated heterocycles.